The molecule has 0 aliphatic heterocycles. The van der Waals surface area contributed by atoms with E-state index < -0.39 is 0 Å². The van der Waals surface area contributed by atoms with Crippen molar-refractivity contribution < 1.29 is 4.79 Å². The smallest absolute Gasteiger partial charge is 0.258 e. The van der Waals surface area contributed by atoms with E-state index in [1.807, 2.05) is 62.4 Å². The Labute approximate surface area is 162 Å². The Balaban J connectivity index is 1.50. The van der Waals surface area contributed by atoms with E-state index in [0.29, 0.717) is 11.5 Å². The van der Waals surface area contributed by atoms with Gasteiger partial charge in [0.25, 0.3) is 5.91 Å². The molecule has 6 nitrogen and oxygen atoms in total. The lowest BCUT2D eigenvalue weighted by atomic mass is 10.1. The summed E-state index contributed by atoms with van der Waals surface area (Å²) in [5.74, 6) is 0.155. The summed E-state index contributed by atoms with van der Waals surface area (Å²) >= 11 is 0. The average molecular weight is 369 g/mol. The van der Waals surface area contributed by atoms with E-state index in [2.05, 4.69) is 25.6 Å². The minimum absolute atomic E-state index is 0.248. The molecule has 0 spiro atoms. The van der Waals surface area contributed by atoms with Crippen LogP contribution >= 0.6 is 0 Å². The molecule has 2 aromatic heterocycles. The van der Waals surface area contributed by atoms with Crippen molar-refractivity contribution in [3.8, 4) is 0 Å². The summed E-state index contributed by atoms with van der Waals surface area (Å²) in [6, 6.07) is 15.5. The minimum atomic E-state index is -0.248. The first-order valence-electron chi connectivity index (χ1n) is 8.91. The third-order valence-corrected chi connectivity index (χ3v) is 4.56. The van der Waals surface area contributed by atoms with E-state index in [1.165, 1.54) is 18.0 Å². The van der Waals surface area contributed by atoms with E-state index in [9.17, 15) is 4.79 Å². The van der Waals surface area contributed by atoms with Crippen molar-refractivity contribution in [2.75, 3.05) is 10.6 Å². The molecule has 4 rings (SSSR count). The molecular formula is C22H19N5O. The second-order valence-electron chi connectivity index (χ2n) is 6.55. The van der Waals surface area contributed by atoms with Crippen LogP contribution < -0.4 is 10.6 Å². The second-order valence-corrected chi connectivity index (χ2v) is 6.55. The van der Waals surface area contributed by atoms with Crippen molar-refractivity contribution in [3.63, 3.8) is 0 Å². The van der Waals surface area contributed by atoms with Crippen LogP contribution in [0.15, 0.2) is 67.1 Å². The van der Waals surface area contributed by atoms with Crippen LogP contribution in [-0.4, -0.2) is 20.9 Å². The molecule has 2 N–H and O–H groups in total. The molecule has 0 saturated carbocycles. The number of nitrogens with one attached hydrogen (secondary N) is 2. The van der Waals surface area contributed by atoms with E-state index in [1.54, 1.807) is 6.20 Å². The standard InChI is InChI=1S/C22H19N5O/c1-14-8-9-18(11-15(14)2)26-21(28)17-12-24-22(25-13-17)27-19-7-3-5-16-6-4-10-23-20(16)19/h3-13H,1-2H3,(H,26,28)(H,24,25,27). The van der Waals surface area contributed by atoms with Crippen LogP contribution in [0.2, 0.25) is 0 Å². The maximum Gasteiger partial charge on any atom is 0.258 e. The molecule has 0 saturated heterocycles. The zero-order valence-electron chi connectivity index (χ0n) is 15.6. The number of anilines is 3. The second kappa shape index (κ2) is 7.44. The molecule has 2 aromatic carbocycles. The van der Waals surface area contributed by atoms with E-state index in [4.69, 9.17) is 0 Å². The van der Waals surface area contributed by atoms with Gasteiger partial charge in [-0.3, -0.25) is 9.78 Å². The molecule has 2 heterocycles. The first-order valence-corrected chi connectivity index (χ1v) is 8.91. The number of benzene rings is 2. The molecule has 0 aliphatic rings. The van der Waals surface area contributed by atoms with Gasteiger partial charge in [-0.25, -0.2) is 9.97 Å². The summed E-state index contributed by atoms with van der Waals surface area (Å²) in [7, 11) is 0. The Hall–Kier alpha value is -3.80. The number of aromatic nitrogens is 3. The number of nitrogens with zero attached hydrogens (tertiary/aromatic N) is 3. The normalized spacial score (nSPS) is 10.6. The minimum Gasteiger partial charge on any atom is -0.322 e. The number of pyridine rings is 1. The van der Waals surface area contributed by atoms with Gasteiger partial charge in [0.05, 0.1) is 16.8 Å². The molecule has 4 aromatic rings. The highest BCUT2D eigenvalue weighted by molar-refractivity contribution is 6.04. The van der Waals surface area contributed by atoms with E-state index >= 15 is 0 Å². The van der Waals surface area contributed by atoms with Gasteiger partial charge in [-0.1, -0.05) is 24.3 Å². The zero-order valence-corrected chi connectivity index (χ0v) is 15.6. The topological polar surface area (TPSA) is 79.8 Å². The van der Waals surface area contributed by atoms with Crippen molar-refractivity contribution >= 4 is 34.1 Å². The lowest BCUT2D eigenvalue weighted by molar-refractivity contribution is 0.102. The zero-order chi connectivity index (χ0) is 19.5. The van der Waals surface area contributed by atoms with Crippen LogP contribution in [0.25, 0.3) is 10.9 Å². The first kappa shape index (κ1) is 17.6. The quantitative estimate of drug-likeness (QED) is 0.548. The van der Waals surface area contributed by atoms with Crippen LogP contribution in [0.4, 0.5) is 17.3 Å². The number of rotatable bonds is 4. The van der Waals surface area contributed by atoms with Gasteiger partial charge in [0.15, 0.2) is 0 Å². The highest BCUT2D eigenvalue weighted by Crippen LogP contribution is 2.23. The molecule has 28 heavy (non-hydrogen) atoms. The maximum atomic E-state index is 12.4. The molecule has 138 valence electrons. The van der Waals surface area contributed by atoms with Gasteiger partial charge in [0.1, 0.15) is 0 Å². The number of amides is 1. The average Bonchev–Trinajstić information content (AvgIpc) is 2.71. The van der Waals surface area contributed by atoms with Crippen LogP contribution in [-0.2, 0) is 0 Å². The Bertz CT molecular complexity index is 1150. The van der Waals surface area contributed by atoms with Crippen LogP contribution in [0.5, 0.6) is 0 Å². The summed E-state index contributed by atoms with van der Waals surface area (Å²) in [5.41, 5.74) is 5.09. The molecule has 0 unspecified atom stereocenters. The molecular weight excluding hydrogens is 350 g/mol. The summed E-state index contributed by atoms with van der Waals surface area (Å²) < 4.78 is 0. The highest BCUT2D eigenvalue weighted by Gasteiger charge is 2.09. The number of hydrogen-bond donors (Lipinski definition) is 2. The van der Waals surface area contributed by atoms with Crippen molar-refractivity contribution in [1.29, 1.82) is 0 Å². The Kier molecular flexibility index (Phi) is 4.68. The fourth-order valence-corrected chi connectivity index (χ4v) is 2.86. The maximum absolute atomic E-state index is 12.4. The number of carbonyl (C=O) groups excluding carboxylic acids is 1. The van der Waals surface area contributed by atoms with Gasteiger partial charge in [-0.2, -0.15) is 0 Å². The monoisotopic (exact) mass is 369 g/mol. The molecule has 0 fully saturated rings. The van der Waals surface area contributed by atoms with Crippen molar-refractivity contribution in [1.82, 2.24) is 15.0 Å². The van der Waals surface area contributed by atoms with Crippen LogP contribution in [0.3, 0.4) is 0 Å². The molecule has 1 amide bonds. The van der Waals surface area contributed by atoms with Gasteiger partial charge >= 0.3 is 0 Å². The third kappa shape index (κ3) is 3.66. The number of aryl methyl sites for hydroxylation is 2. The number of para-hydroxylation sites is 1. The Morgan fingerprint density at radius 2 is 1.68 bits per heavy atom. The van der Waals surface area contributed by atoms with Crippen molar-refractivity contribution in [2.45, 2.75) is 13.8 Å². The van der Waals surface area contributed by atoms with Gasteiger partial charge < -0.3 is 10.6 Å². The Morgan fingerprint density at radius 3 is 2.46 bits per heavy atom. The fraction of sp³-hybridized carbons (Fsp3) is 0.0909. The number of hydrogen-bond acceptors (Lipinski definition) is 5. The molecule has 0 radical (unpaired) electrons. The lowest BCUT2D eigenvalue weighted by Gasteiger charge is -2.09. The van der Waals surface area contributed by atoms with Gasteiger partial charge in [0.2, 0.25) is 5.95 Å². The van der Waals surface area contributed by atoms with Crippen molar-refractivity contribution in [2.24, 2.45) is 0 Å². The summed E-state index contributed by atoms with van der Waals surface area (Å²) in [6.07, 6.45) is 4.75. The molecule has 6 heteroatoms. The van der Waals surface area contributed by atoms with Crippen LogP contribution in [0, 0.1) is 13.8 Å². The number of fused-ring (bicyclic) bond motifs is 1. The van der Waals surface area contributed by atoms with Crippen LogP contribution in [0.1, 0.15) is 21.5 Å². The van der Waals surface area contributed by atoms with E-state index in [0.717, 1.165) is 27.8 Å². The molecule has 0 bridgehead atoms. The summed E-state index contributed by atoms with van der Waals surface area (Å²) in [4.78, 5) is 25.4. The molecule has 0 aliphatic carbocycles. The SMILES string of the molecule is Cc1ccc(NC(=O)c2cnc(Nc3cccc4cccnc34)nc2)cc1C. The summed E-state index contributed by atoms with van der Waals surface area (Å²) in [6.45, 7) is 4.04. The fourth-order valence-electron chi connectivity index (χ4n) is 2.86. The third-order valence-electron chi connectivity index (χ3n) is 4.56. The van der Waals surface area contributed by atoms with Crippen molar-refractivity contribution in [3.05, 3.63) is 83.8 Å². The van der Waals surface area contributed by atoms with Gasteiger partial charge in [0, 0.05) is 29.7 Å². The lowest BCUT2D eigenvalue weighted by Crippen LogP contribution is -2.13. The van der Waals surface area contributed by atoms with Gasteiger partial charge in [-0.15, -0.1) is 0 Å². The predicted octanol–water partition coefficient (Wildman–Crippen LogP) is 4.64. The van der Waals surface area contributed by atoms with E-state index in [-0.39, 0.29) is 5.91 Å². The number of carbonyl (C=O) groups is 1. The molecule has 0 atom stereocenters. The first-order chi connectivity index (χ1) is 13.6. The highest BCUT2D eigenvalue weighted by atomic mass is 16.1. The van der Waals surface area contributed by atoms with Gasteiger partial charge in [-0.05, 0) is 49.2 Å². The largest absolute Gasteiger partial charge is 0.322 e. The Morgan fingerprint density at radius 1 is 0.893 bits per heavy atom. The summed E-state index contributed by atoms with van der Waals surface area (Å²) in [5, 5.41) is 7.06. The predicted molar refractivity (Wildman–Crippen MR) is 111 cm³/mol.